The first kappa shape index (κ1) is 61.3. The Hall–Kier alpha value is -2.70. The number of rotatable bonds is 48. The Morgan fingerprint density at radius 1 is 0.469 bits per heavy atom. The van der Waals surface area contributed by atoms with Gasteiger partial charge in [0.05, 0.1) is 25.2 Å². The molecule has 6 nitrogen and oxygen atoms in total. The van der Waals surface area contributed by atoms with Gasteiger partial charge in [0.2, 0.25) is 5.91 Å². The van der Waals surface area contributed by atoms with Crippen molar-refractivity contribution >= 4 is 11.9 Å². The number of hydrogen-bond acceptors (Lipinski definition) is 5. The molecular weight excluding hydrogens is 791 g/mol. The standard InChI is InChI=1S/C58H103NO5/c1-4-7-10-13-16-19-22-25-28-29-30-33-36-39-42-45-48-51-58(63)64-54(49-46-43-40-37-34-31-26-23-20-17-14-11-8-5-2)52-57(62)59-55(53-60)56(61)50-47-44-41-38-35-32-27-24-21-18-15-12-9-6-3/h8,11,16-17,19-20,25-26,28,31,37,40,54-56,60-61H,4-7,9-10,12-15,18,21-24,27,29-30,32-36,38-39,41-53H2,1-3H3,(H,59,62)/b11-8+,19-16-,20-17+,28-25-,31-26+,40-37+. The fourth-order valence-electron chi connectivity index (χ4n) is 7.93. The Labute approximate surface area is 396 Å². The minimum Gasteiger partial charge on any atom is -0.462 e. The molecule has 0 aliphatic carbocycles. The van der Waals surface area contributed by atoms with E-state index in [1.807, 2.05) is 0 Å². The molecule has 0 heterocycles. The fourth-order valence-corrected chi connectivity index (χ4v) is 7.93. The third-order valence-electron chi connectivity index (χ3n) is 12.0. The largest absolute Gasteiger partial charge is 0.462 e. The van der Waals surface area contributed by atoms with Crippen molar-refractivity contribution in [3.8, 4) is 0 Å². The summed E-state index contributed by atoms with van der Waals surface area (Å²) in [6.07, 6.45) is 65.4. The number of carbonyl (C=O) groups excluding carboxylic acids is 2. The Morgan fingerprint density at radius 3 is 1.34 bits per heavy atom. The molecule has 0 fully saturated rings. The lowest BCUT2D eigenvalue weighted by Gasteiger charge is -2.24. The topological polar surface area (TPSA) is 95.9 Å². The molecular formula is C58H103NO5. The summed E-state index contributed by atoms with van der Waals surface area (Å²) in [5.41, 5.74) is 0. The zero-order valence-electron chi connectivity index (χ0n) is 42.1. The molecule has 370 valence electrons. The van der Waals surface area contributed by atoms with Crippen LogP contribution in [0.2, 0.25) is 0 Å². The van der Waals surface area contributed by atoms with E-state index in [-0.39, 0.29) is 24.9 Å². The molecule has 0 radical (unpaired) electrons. The molecule has 0 aromatic rings. The number of aliphatic hydroxyl groups excluding tert-OH is 2. The Morgan fingerprint density at radius 2 is 0.859 bits per heavy atom. The van der Waals surface area contributed by atoms with E-state index in [0.29, 0.717) is 19.3 Å². The summed E-state index contributed by atoms with van der Waals surface area (Å²) in [4.78, 5) is 26.2. The lowest BCUT2D eigenvalue weighted by Crippen LogP contribution is -2.46. The van der Waals surface area contributed by atoms with Crippen molar-refractivity contribution in [3.63, 3.8) is 0 Å². The highest BCUT2D eigenvalue weighted by Crippen LogP contribution is 2.17. The van der Waals surface area contributed by atoms with E-state index in [1.54, 1.807) is 0 Å². The van der Waals surface area contributed by atoms with E-state index < -0.39 is 18.2 Å². The minimum absolute atomic E-state index is 0.0347. The first-order chi connectivity index (χ1) is 31.5. The summed E-state index contributed by atoms with van der Waals surface area (Å²) < 4.78 is 5.91. The summed E-state index contributed by atoms with van der Waals surface area (Å²) in [5, 5.41) is 23.8. The van der Waals surface area contributed by atoms with E-state index in [1.165, 1.54) is 122 Å². The summed E-state index contributed by atoms with van der Waals surface area (Å²) in [5.74, 6) is -0.536. The minimum atomic E-state index is -0.806. The molecule has 0 bridgehead atoms. The van der Waals surface area contributed by atoms with Crippen LogP contribution in [-0.2, 0) is 14.3 Å². The zero-order valence-corrected chi connectivity index (χ0v) is 42.1. The number of carbonyl (C=O) groups is 2. The molecule has 0 rings (SSSR count). The van der Waals surface area contributed by atoms with Crippen molar-refractivity contribution in [2.45, 2.75) is 277 Å². The second-order valence-corrected chi connectivity index (χ2v) is 18.2. The smallest absolute Gasteiger partial charge is 0.306 e. The van der Waals surface area contributed by atoms with Gasteiger partial charge >= 0.3 is 5.97 Å². The molecule has 0 spiro atoms. The third kappa shape index (κ3) is 45.9. The van der Waals surface area contributed by atoms with Gasteiger partial charge in [-0.05, 0) is 89.9 Å². The molecule has 0 saturated carbocycles. The summed E-state index contributed by atoms with van der Waals surface area (Å²) >= 11 is 0. The van der Waals surface area contributed by atoms with Crippen LogP contribution in [0.3, 0.4) is 0 Å². The van der Waals surface area contributed by atoms with Crippen LogP contribution in [-0.4, -0.2) is 46.9 Å². The molecule has 6 heteroatoms. The Bertz CT molecular complexity index is 1190. The fraction of sp³-hybridized carbons (Fsp3) is 0.759. The van der Waals surface area contributed by atoms with Crippen LogP contribution in [0.1, 0.15) is 258 Å². The average molecular weight is 894 g/mol. The lowest BCUT2D eigenvalue weighted by molar-refractivity contribution is -0.151. The maximum Gasteiger partial charge on any atom is 0.306 e. The van der Waals surface area contributed by atoms with Crippen LogP contribution in [0.25, 0.3) is 0 Å². The van der Waals surface area contributed by atoms with Gasteiger partial charge in [-0.25, -0.2) is 0 Å². The molecule has 0 aromatic heterocycles. The van der Waals surface area contributed by atoms with Crippen LogP contribution in [0, 0.1) is 0 Å². The third-order valence-corrected chi connectivity index (χ3v) is 12.0. The number of amides is 1. The van der Waals surface area contributed by atoms with Crippen molar-refractivity contribution in [1.29, 1.82) is 0 Å². The van der Waals surface area contributed by atoms with Crippen LogP contribution >= 0.6 is 0 Å². The highest BCUT2D eigenvalue weighted by atomic mass is 16.5. The number of nitrogens with one attached hydrogen (secondary N) is 1. The van der Waals surface area contributed by atoms with Crippen molar-refractivity contribution in [2.75, 3.05) is 6.61 Å². The van der Waals surface area contributed by atoms with E-state index in [0.717, 1.165) is 89.9 Å². The van der Waals surface area contributed by atoms with Gasteiger partial charge in [-0.15, -0.1) is 0 Å². The Kier molecular flexibility index (Phi) is 49.1. The van der Waals surface area contributed by atoms with E-state index in [9.17, 15) is 19.8 Å². The van der Waals surface area contributed by atoms with Crippen LogP contribution < -0.4 is 5.32 Å². The highest BCUT2D eigenvalue weighted by molar-refractivity contribution is 5.77. The number of ether oxygens (including phenoxy) is 1. The molecule has 0 aliphatic heterocycles. The molecule has 1 amide bonds. The Balaban J connectivity index is 4.64. The molecule has 0 aliphatic rings. The van der Waals surface area contributed by atoms with Crippen LogP contribution in [0.15, 0.2) is 72.9 Å². The number of esters is 1. The van der Waals surface area contributed by atoms with Gasteiger partial charge < -0.3 is 20.3 Å². The van der Waals surface area contributed by atoms with Crippen molar-refractivity contribution in [1.82, 2.24) is 5.32 Å². The van der Waals surface area contributed by atoms with Gasteiger partial charge in [0.1, 0.15) is 6.10 Å². The molecule has 3 unspecified atom stereocenters. The summed E-state index contributed by atoms with van der Waals surface area (Å²) in [6.45, 7) is 6.34. The predicted octanol–water partition coefficient (Wildman–Crippen LogP) is 16.6. The van der Waals surface area contributed by atoms with Gasteiger partial charge in [-0.3, -0.25) is 9.59 Å². The van der Waals surface area contributed by atoms with Crippen LogP contribution in [0.4, 0.5) is 0 Å². The van der Waals surface area contributed by atoms with Gasteiger partial charge in [0, 0.05) is 6.42 Å². The first-order valence-electron chi connectivity index (χ1n) is 27.2. The molecule has 3 N–H and O–H groups in total. The normalized spacial score (nSPS) is 13.8. The molecule has 0 aromatic carbocycles. The number of hydrogen-bond donors (Lipinski definition) is 3. The van der Waals surface area contributed by atoms with Gasteiger partial charge in [-0.2, -0.15) is 0 Å². The first-order valence-corrected chi connectivity index (χ1v) is 27.2. The van der Waals surface area contributed by atoms with E-state index >= 15 is 0 Å². The van der Waals surface area contributed by atoms with Crippen LogP contribution in [0.5, 0.6) is 0 Å². The number of allylic oxidation sites excluding steroid dienone is 12. The molecule has 3 atom stereocenters. The maximum atomic E-state index is 13.2. The molecule has 0 saturated heterocycles. The monoisotopic (exact) mass is 894 g/mol. The number of aliphatic hydroxyl groups is 2. The van der Waals surface area contributed by atoms with E-state index in [2.05, 4.69) is 99.0 Å². The van der Waals surface area contributed by atoms with Gasteiger partial charge in [0.15, 0.2) is 0 Å². The maximum absolute atomic E-state index is 13.2. The molecule has 64 heavy (non-hydrogen) atoms. The second-order valence-electron chi connectivity index (χ2n) is 18.2. The SMILES string of the molecule is CC/C=C/C/C=C/C/C=C/C/C=C/CCCC(CC(=O)NC(CO)C(O)CCCCCCCCCCCCCCCC)OC(=O)CCCCCCCCC/C=C\C/C=C\CCCCC. The zero-order chi connectivity index (χ0) is 46.7. The van der Waals surface area contributed by atoms with Gasteiger partial charge in [0.25, 0.3) is 0 Å². The van der Waals surface area contributed by atoms with Crippen molar-refractivity contribution < 1.29 is 24.5 Å². The summed E-state index contributed by atoms with van der Waals surface area (Å²) in [6, 6.07) is -0.723. The lowest BCUT2D eigenvalue weighted by atomic mass is 10.0. The van der Waals surface area contributed by atoms with Crippen molar-refractivity contribution in [2.24, 2.45) is 0 Å². The average Bonchev–Trinajstić information content (AvgIpc) is 3.29. The number of unbranched alkanes of at least 4 members (excludes halogenated alkanes) is 24. The quantitative estimate of drug-likeness (QED) is 0.0321. The van der Waals surface area contributed by atoms with E-state index in [4.69, 9.17) is 4.74 Å². The summed E-state index contributed by atoms with van der Waals surface area (Å²) in [7, 11) is 0. The predicted molar refractivity (Wildman–Crippen MR) is 278 cm³/mol. The highest BCUT2D eigenvalue weighted by Gasteiger charge is 2.24. The van der Waals surface area contributed by atoms with Gasteiger partial charge in [-0.1, -0.05) is 229 Å². The van der Waals surface area contributed by atoms with Crippen molar-refractivity contribution in [3.05, 3.63) is 72.9 Å². The second kappa shape index (κ2) is 51.3.